The summed E-state index contributed by atoms with van der Waals surface area (Å²) in [5.41, 5.74) is 3.14. The Balaban J connectivity index is 2.18. The second-order valence-electron chi connectivity index (χ2n) is 5.13. The molecule has 1 heterocycles. The van der Waals surface area contributed by atoms with E-state index >= 15 is 0 Å². The number of carbonyl (C=O) groups excluding carboxylic acids is 1. The summed E-state index contributed by atoms with van der Waals surface area (Å²) < 4.78 is 0. The minimum atomic E-state index is 0.177. The van der Waals surface area contributed by atoms with Crippen molar-refractivity contribution in [2.45, 2.75) is 32.7 Å². The standard InChI is InChI=1S/C15H22N2O/c1-11-6-4-8-14(12(11)2)15(18)17-9-5-7-13(10-17)16-3/h4,6,8,13,16H,5,7,9-10H2,1-3H3/t13-/m1/s1. The summed E-state index contributed by atoms with van der Waals surface area (Å²) in [6.45, 7) is 5.79. The van der Waals surface area contributed by atoms with Crippen LogP contribution in [0.1, 0.15) is 34.3 Å². The summed E-state index contributed by atoms with van der Waals surface area (Å²) in [7, 11) is 1.97. The summed E-state index contributed by atoms with van der Waals surface area (Å²) in [5.74, 6) is 0.177. The quantitative estimate of drug-likeness (QED) is 0.867. The van der Waals surface area contributed by atoms with Crippen LogP contribution in [0.25, 0.3) is 0 Å². The number of piperidine rings is 1. The second kappa shape index (κ2) is 5.53. The molecule has 0 unspecified atom stereocenters. The number of benzene rings is 1. The maximum absolute atomic E-state index is 12.5. The summed E-state index contributed by atoms with van der Waals surface area (Å²) >= 11 is 0. The zero-order chi connectivity index (χ0) is 13.1. The van der Waals surface area contributed by atoms with Crippen LogP contribution in [-0.4, -0.2) is 37.0 Å². The van der Waals surface area contributed by atoms with Gasteiger partial charge < -0.3 is 10.2 Å². The number of nitrogens with one attached hydrogen (secondary N) is 1. The van der Waals surface area contributed by atoms with Crippen LogP contribution in [0, 0.1) is 13.8 Å². The molecule has 1 atom stereocenters. The predicted molar refractivity (Wildman–Crippen MR) is 73.9 cm³/mol. The summed E-state index contributed by atoms with van der Waals surface area (Å²) in [6, 6.07) is 6.40. The van der Waals surface area contributed by atoms with Gasteiger partial charge in [-0.2, -0.15) is 0 Å². The molecule has 0 spiro atoms. The molecule has 98 valence electrons. The molecule has 1 aliphatic heterocycles. The third-order valence-corrected chi connectivity index (χ3v) is 3.95. The maximum Gasteiger partial charge on any atom is 0.254 e. The van der Waals surface area contributed by atoms with Crippen LogP contribution in [0.15, 0.2) is 18.2 Å². The highest BCUT2D eigenvalue weighted by atomic mass is 16.2. The average Bonchev–Trinajstić information content (AvgIpc) is 2.41. The van der Waals surface area contributed by atoms with Crippen LogP contribution in [0.5, 0.6) is 0 Å². The van der Waals surface area contributed by atoms with E-state index in [1.165, 1.54) is 5.56 Å². The molecule has 0 bridgehead atoms. The fourth-order valence-corrected chi connectivity index (χ4v) is 2.55. The first-order valence-corrected chi connectivity index (χ1v) is 6.66. The van der Waals surface area contributed by atoms with E-state index in [9.17, 15) is 4.79 Å². The number of hydrogen-bond acceptors (Lipinski definition) is 2. The molecule has 0 saturated carbocycles. The molecule has 0 aliphatic carbocycles. The van der Waals surface area contributed by atoms with E-state index in [2.05, 4.69) is 18.3 Å². The van der Waals surface area contributed by atoms with Gasteiger partial charge in [-0.25, -0.2) is 0 Å². The number of amides is 1. The highest BCUT2D eigenvalue weighted by Crippen LogP contribution is 2.18. The van der Waals surface area contributed by atoms with Gasteiger partial charge in [0.15, 0.2) is 0 Å². The van der Waals surface area contributed by atoms with Gasteiger partial charge >= 0.3 is 0 Å². The lowest BCUT2D eigenvalue weighted by Gasteiger charge is -2.33. The molecule has 0 radical (unpaired) electrons. The highest BCUT2D eigenvalue weighted by Gasteiger charge is 2.24. The second-order valence-corrected chi connectivity index (χ2v) is 5.13. The Bertz CT molecular complexity index is 442. The van der Waals surface area contributed by atoms with Gasteiger partial charge in [-0.1, -0.05) is 12.1 Å². The fourth-order valence-electron chi connectivity index (χ4n) is 2.55. The lowest BCUT2D eigenvalue weighted by atomic mass is 10.00. The van der Waals surface area contributed by atoms with Gasteiger partial charge in [0.1, 0.15) is 0 Å². The van der Waals surface area contributed by atoms with Crippen LogP contribution in [0.4, 0.5) is 0 Å². The Labute approximate surface area is 109 Å². The normalized spacial score (nSPS) is 19.9. The topological polar surface area (TPSA) is 32.3 Å². The first kappa shape index (κ1) is 13.1. The molecule has 1 amide bonds. The SMILES string of the molecule is CN[C@@H]1CCCN(C(=O)c2cccc(C)c2C)C1. The Hall–Kier alpha value is -1.35. The number of likely N-dealkylation sites (tertiary alicyclic amines) is 1. The number of rotatable bonds is 2. The Morgan fingerprint density at radius 2 is 2.17 bits per heavy atom. The molecular formula is C15H22N2O. The number of likely N-dealkylation sites (N-methyl/N-ethyl adjacent to an activating group) is 1. The molecule has 1 saturated heterocycles. The smallest absolute Gasteiger partial charge is 0.254 e. The molecular weight excluding hydrogens is 224 g/mol. The van der Waals surface area contributed by atoms with Gasteiger partial charge in [-0.05, 0) is 50.9 Å². The fraction of sp³-hybridized carbons (Fsp3) is 0.533. The monoisotopic (exact) mass is 246 g/mol. The van der Waals surface area contributed by atoms with Crippen molar-refractivity contribution >= 4 is 5.91 Å². The summed E-state index contributed by atoms with van der Waals surface area (Å²) in [4.78, 5) is 14.5. The minimum Gasteiger partial charge on any atom is -0.337 e. The van der Waals surface area contributed by atoms with Crippen molar-refractivity contribution in [3.63, 3.8) is 0 Å². The largest absolute Gasteiger partial charge is 0.337 e. The van der Waals surface area contributed by atoms with Gasteiger partial charge in [-0.3, -0.25) is 4.79 Å². The van der Waals surface area contributed by atoms with E-state index in [1.54, 1.807) is 0 Å². The number of aryl methyl sites for hydroxylation is 1. The molecule has 1 aromatic carbocycles. The Kier molecular flexibility index (Phi) is 4.02. The van der Waals surface area contributed by atoms with Gasteiger partial charge in [0.2, 0.25) is 0 Å². The lowest BCUT2D eigenvalue weighted by Crippen LogP contribution is -2.47. The van der Waals surface area contributed by atoms with Gasteiger partial charge in [0.05, 0.1) is 0 Å². The molecule has 1 aliphatic rings. The lowest BCUT2D eigenvalue weighted by molar-refractivity contribution is 0.0697. The van der Waals surface area contributed by atoms with E-state index in [1.807, 2.05) is 31.0 Å². The zero-order valence-corrected chi connectivity index (χ0v) is 11.5. The van der Waals surface area contributed by atoms with Crippen LogP contribution < -0.4 is 5.32 Å². The number of carbonyl (C=O) groups is 1. The van der Waals surface area contributed by atoms with Crippen LogP contribution in [-0.2, 0) is 0 Å². The molecule has 18 heavy (non-hydrogen) atoms. The molecule has 1 N–H and O–H groups in total. The molecule has 1 aromatic rings. The van der Waals surface area contributed by atoms with Crippen molar-refractivity contribution in [2.75, 3.05) is 20.1 Å². The predicted octanol–water partition coefficient (Wildman–Crippen LogP) is 2.13. The van der Waals surface area contributed by atoms with E-state index in [0.29, 0.717) is 6.04 Å². The van der Waals surface area contributed by atoms with Crippen molar-refractivity contribution in [3.05, 3.63) is 34.9 Å². The molecule has 3 nitrogen and oxygen atoms in total. The van der Waals surface area contributed by atoms with Gasteiger partial charge in [-0.15, -0.1) is 0 Å². The van der Waals surface area contributed by atoms with Crippen molar-refractivity contribution in [1.82, 2.24) is 10.2 Å². The first-order valence-electron chi connectivity index (χ1n) is 6.66. The highest BCUT2D eigenvalue weighted by molar-refractivity contribution is 5.96. The third-order valence-electron chi connectivity index (χ3n) is 3.95. The van der Waals surface area contributed by atoms with E-state index in [-0.39, 0.29) is 5.91 Å². The number of hydrogen-bond donors (Lipinski definition) is 1. The van der Waals surface area contributed by atoms with Gasteiger partial charge in [0, 0.05) is 24.7 Å². The van der Waals surface area contributed by atoms with Crippen molar-refractivity contribution < 1.29 is 4.79 Å². The third kappa shape index (κ3) is 2.56. The van der Waals surface area contributed by atoms with Gasteiger partial charge in [0.25, 0.3) is 5.91 Å². The Morgan fingerprint density at radius 3 is 2.89 bits per heavy atom. The summed E-state index contributed by atoms with van der Waals surface area (Å²) in [6.07, 6.45) is 2.25. The Morgan fingerprint density at radius 1 is 1.39 bits per heavy atom. The molecule has 2 rings (SSSR count). The van der Waals surface area contributed by atoms with Crippen LogP contribution >= 0.6 is 0 Å². The van der Waals surface area contributed by atoms with Crippen LogP contribution in [0.2, 0.25) is 0 Å². The molecule has 0 aromatic heterocycles. The number of nitrogens with zero attached hydrogens (tertiary/aromatic N) is 1. The van der Waals surface area contributed by atoms with Crippen molar-refractivity contribution in [2.24, 2.45) is 0 Å². The minimum absolute atomic E-state index is 0.177. The van der Waals surface area contributed by atoms with Crippen molar-refractivity contribution in [1.29, 1.82) is 0 Å². The van der Waals surface area contributed by atoms with Crippen LogP contribution in [0.3, 0.4) is 0 Å². The zero-order valence-electron chi connectivity index (χ0n) is 11.5. The molecule has 1 fully saturated rings. The van der Waals surface area contributed by atoms with E-state index < -0.39 is 0 Å². The van der Waals surface area contributed by atoms with E-state index in [4.69, 9.17) is 0 Å². The van der Waals surface area contributed by atoms with Crippen molar-refractivity contribution in [3.8, 4) is 0 Å². The van der Waals surface area contributed by atoms with E-state index in [0.717, 1.165) is 37.1 Å². The maximum atomic E-state index is 12.5. The first-order chi connectivity index (χ1) is 8.63. The molecule has 3 heteroatoms. The average molecular weight is 246 g/mol. The summed E-state index contributed by atoms with van der Waals surface area (Å²) in [5, 5.41) is 3.27.